The molecule has 35 heavy (non-hydrogen) atoms. The zero-order valence-electron chi connectivity index (χ0n) is 20.2. The number of hydrogen-bond acceptors (Lipinski definition) is 3. The maximum atomic E-state index is 13.9. The Hall–Kier alpha value is -3.31. The van der Waals surface area contributed by atoms with Crippen LogP contribution in [0, 0.1) is 18.7 Å². The largest absolute Gasteiger partial charge is 0.294 e. The molecule has 1 amide bonds. The lowest BCUT2D eigenvalue weighted by Crippen LogP contribution is -2.42. The molecule has 1 atom stereocenters. The SMILES string of the molecule is Cc1ccc([C@@H]2CC(c3cccc(F)c3)=NN2C(=O)CN2CCC(Cc3ccccc3)CC2)cc1. The van der Waals surface area contributed by atoms with Crippen molar-refractivity contribution in [3.63, 3.8) is 0 Å². The van der Waals surface area contributed by atoms with E-state index in [1.54, 1.807) is 11.1 Å². The van der Waals surface area contributed by atoms with Crippen molar-refractivity contribution in [3.8, 4) is 0 Å². The first kappa shape index (κ1) is 23.4. The van der Waals surface area contributed by atoms with Crippen molar-refractivity contribution in [1.82, 2.24) is 9.91 Å². The molecule has 0 radical (unpaired) electrons. The lowest BCUT2D eigenvalue weighted by molar-refractivity contribution is -0.134. The van der Waals surface area contributed by atoms with E-state index in [1.165, 1.54) is 23.3 Å². The van der Waals surface area contributed by atoms with Crippen molar-refractivity contribution in [2.75, 3.05) is 19.6 Å². The summed E-state index contributed by atoms with van der Waals surface area (Å²) in [4.78, 5) is 15.7. The Morgan fingerprint density at radius 3 is 2.43 bits per heavy atom. The van der Waals surface area contributed by atoms with Gasteiger partial charge in [0, 0.05) is 12.0 Å². The molecular formula is C30H32FN3O. The van der Waals surface area contributed by atoms with Crippen molar-refractivity contribution >= 4 is 11.6 Å². The summed E-state index contributed by atoms with van der Waals surface area (Å²) in [5.41, 5.74) is 5.11. The van der Waals surface area contributed by atoms with Crippen LogP contribution in [0.25, 0.3) is 0 Å². The van der Waals surface area contributed by atoms with Gasteiger partial charge in [-0.15, -0.1) is 0 Å². The predicted octanol–water partition coefficient (Wildman–Crippen LogP) is 5.77. The third kappa shape index (κ3) is 5.68. The third-order valence-corrected chi connectivity index (χ3v) is 7.22. The molecule has 0 N–H and O–H groups in total. The first-order valence-electron chi connectivity index (χ1n) is 12.5. The number of rotatable bonds is 6. The van der Waals surface area contributed by atoms with Crippen molar-refractivity contribution < 1.29 is 9.18 Å². The maximum absolute atomic E-state index is 13.9. The Morgan fingerprint density at radius 1 is 0.971 bits per heavy atom. The van der Waals surface area contributed by atoms with Gasteiger partial charge >= 0.3 is 0 Å². The van der Waals surface area contributed by atoms with Gasteiger partial charge in [-0.2, -0.15) is 5.10 Å². The second-order valence-corrected chi connectivity index (χ2v) is 9.84. The molecule has 3 aromatic rings. The monoisotopic (exact) mass is 469 g/mol. The molecule has 0 bridgehead atoms. The average Bonchev–Trinajstić information content (AvgIpc) is 3.32. The quantitative estimate of drug-likeness (QED) is 0.460. The van der Waals surface area contributed by atoms with Gasteiger partial charge < -0.3 is 0 Å². The van der Waals surface area contributed by atoms with Gasteiger partial charge in [-0.1, -0.05) is 72.3 Å². The molecule has 0 aromatic heterocycles. The van der Waals surface area contributed by atoms with Crippen LogP contribution in [0.2, 0.25) is 0 Å². The molecule has 4 nitrogen and oxygen atoms in total. The molecule has 0 aliphatic carbocycles. The molecule has 2 aliphatic heterocycles. The average molecular weight is 470 g/mol. The fraction of sp³-hybridized carbons (Fsp3) is 0.333. The molecule has 1 fully saturated rings. The van der Waals surface area contributed by atoms with E-state index in [4.69, 9.17) is 5.10 Å². The standard InChI is InChI=1S/C30H32FN3O/c1-22-10-12-25(13-11-22)29-20-28(26-8-5-9-27(31)19-26)32-34(29)30(35)21-33-16-14-24(15-17-33)18-23-6-3-2-4-7-23/h2-13,19,24,29H,14-18,20-21H2,1H3/t29-/m0/s1. The molecular weight excluding hydrogens is 437 g/mol. The Morgan fingerprint density at radius 2 is 1.71 bits per heavy atom. The maximum Gasteiger partial charge on any atom is 0.257 e. The molecule has 2 heterocycles. The Labute approximate surface area is 207 Å². The first-order valence-corrected chi connectivity index (χ1v) is 12.5. The summed E-state index contributed by atoms with van der Waals surface area (Å²) >= 11 is 0. The first-order chi connectivity index (χ1) is 17.0. The molecule has 0 spiro atoms. The number of carbonyl (C=O) groups is 1. The van der Waals surface area contributed by atoms with E-state index in [0.29, 0.717) is 18.9 Å². The van der Waals surface area contributed by atoms with E-state index < -0.39 is 0 Å². The van der Waals surface area contributed by atoms with E-state index in [9.17, 15) is 9.18 Å². The molecule has 1 saturated heterocycles. The number of likely N-dealkylation sites (tertiary alicyclic amines) is 1. The highest BCUT2D eigenvalue weighted by Gasteiger charge is 2.34. The fourth-order valence-electron chi connectivity index (χ4n) is 5.19. The number of nitrogens with zero attached hydrogens (tertiary/aromatic N) is 3. The van der Waals surface area contributed by atoms with Crippen molar-refractivity contribution in [1.29, 1.82) is 0 Å². The van der Waals surface area contributed by atoms with Gasteiger partial charge in [0.15, 0.2) is 0 Å². The van der Waals surface area contributed by atoms with Gasteiger partial charge in [-0.05, 0) is 68.5 Å². The van der Waals surface area contributed by atoms with Gasteiger partial charge in [0.1, 0.15) is 5.82 Å². The Balaban J connectivity index is 1.27. The van der Waals surface area contributed by atoms with E-state index in [0.717, 1.165) is 49.2 Å². The molecule has 0 saturated carbocycles. The lowest BCUT2D eigenvalue weighted by Gasteiger charge is -2.33. The topological polar surface area (TPSA) is 35.9 Å². The van der Waals surface area contributed by atoms with Crippen LogP contribution in [0.3, 0.4) is 0 Å². The van der Waals surface area contributed by atoms with Gasteiger partial charge in [0.05, 0.1) is 18.3 Å². The van der Waals surface area contributed by atoms with E-state index in [-0.39, 0.29) is 17.8 Å². The van der Waals surface area contributed by atoms with Crippen LogP contribution in [0.5, 0.6) is 0 Å². The van der Waals surface area contributed by atoms with Crippen LogP contribution in [-0.4, -0.2) is 41.2 Å². The van der Waals surface area contributed by atoms with Gasteiger partial charge in [0.25, 0.3) is 5.91 Å². The summed E-state index contributed by atoms with van der Waals surface area (Å²) in [5, 5.41) is 6.36. The van der Waals surface area contributed by atoms with Crippen LogP contribution >= 0.6 is 0 Å². The number of benzene rings is 3. The number of hydrazone groups is 1. The number of hydrogen-bond donors (Lipinski definition) is 0. The van der Waals surface area contributed by atoms with Crippen LogP contribution in [0.1, 0.15) is 47.6 Å². The highest BCUT2D eigenvalue weighted by molar-refractivity contribution is 6.03. The van der Waals surface area contributed by atoms with Crippen LogP contribution < -0.4 is 0 Å². The third-order valence-electron chi connectivity index (χ3n) is 7.22. The number of aryl methyl sites for hydroxylation is 1. The molecule has 2 aliphatic rings. The zero-order valence-corrected chi connectivity index (χ0v) is 20.2. The van der Waals surface area contributed by atoms with E-state index in [2.05, 4.69) is 66.4 Å². The second-order valence-electron chi connectivity index (χ2n) is 9.84. The minimum atomic E-state index is -0.291. The minimum Gasteiger partial charge on any atom is -0.294 e. The van der Waals surface area contributed by atoms with Crippen LogP contribution in [-0.2, 0) is 11.2 Å². The Bertz CT molecular complexity index is 1180. The van der Waals surface area contributed by atoms with Crippen molar-refractivity contribution in [2.45, 2.75) is 38.6 Å². The number of amides is 1. The van der Waals surface area contributed by atoms with E-state index >= 15 is 0 Å². The van der Waals surface area contributed by atoms with Gasteiger partial charge in [-0.25, -0.2) is 9.40 Å². The van der Waals surface area contributed by atoms with Crippen LogP contribution in [0.15, 0.2) is 84.0 Å². The number of piperidine rings is 1. The molecule has 180 valence electrons. The molecule has 5 rings (SSSR count). The molecule has 0 unspecified atom stereocenters. The molecule has 3 aromatic carbocycles. The predicted molar refractivity (Wildman–Crippen MR) is 138 cm³/mol. The molecule has 5 heteroatoms. The van der Waals surface area contributed by atoms with Gasteiger partial charge in [-0.3, -0.25) is 9.69 Å². The summed E-state index contributed by atoms with van der Waals surface area (Å²) in [5.74, 6) is 0.372. The minimum absolute atomic E-state index is 0.00323. The zero-order chi connectivity index (χ0) is 24.2. The van der Waals surface area contributed by atoms with Crippen molar-refractivity contribution in [2.24, 2.45) is 11.0 Å². The summed E-state index contributed by atoms with van der Waals surface area (Å²) in [6.45, 7) is 4.26. The van der Waals surface area contributed by atoms with Crippen molar-refractivity contribution in [3.05, 3.63) is 107 Å². The lowest BCUT2D eigenvalue weighted by atomic mass is 9.90. The summed E-state index contributed by atoms with van der Waals surface area (Å²) in [7, 11) is 0. The van der Waals surface area contributed by atoms with E-state index in [1.807, 2.05) is 6.07 Å². The number of carbonyl (C=O) groups excluding carboxylic acids is 1. The van der Waals surface area contributed by atoms with Gasteiger partial charge in [0.2, 0.25) is 0 Å². The van der Waals surface area contributed by atoms with Crippen LogP contribution in [0.4, 0.5) is 4.39 Å². The second kappa shape index (κ2) is 10.5. The normalized spacial score (nSPS) is 19.1. The smallest absolute Gasteiger partial charge is 0.257 e. The summed E-state index contributed by atoms with van der Waals surface area (Å²) in [6, 6.07) is 25.2. The summed E-state index contributed by atoms with van der Waals surface area (Å²) in [6.07, 6.45) is 3.88. The fourth-order valence-corrected chi connectivity index (χ4v) is 5.19. The summed E-state index contributed by atoms with van der Waals surface area (Å²) < 4.78 is 13.9. The Kier molecular flexibility index (Phi) is 7.05. The highest BCUT2D eigenvalue weighted by Crippen LogP contribution is 2.33. The number of halogens is 1. The highest BCUT2D eigenvalue weighted by atomic mass is 19.1.